The van der Waals surface area contributed by atoms with Gasteiger partial charge in [0.1, 0.15) is 5.01 Å². The summed E-state index contributed by atoms with van der Waals surface area (Å²) in [6, 6.07) is 8.62. The molecule has 0 unspecified atom stereocenters. The molecule has 0 spiro atoms. The summed E-state index contributed by atoms with van der Waals surface area (Å²) < 4.78 is 2.32. The Morgan fingerprint density at radius 1 is 1.30 bits per heavy atom. The molecule has 0 saturated heterocycles. The lowest BCUT2D eigenvalue weighted by Crippen LogP contribution is -2.10. The molecule has 3 nitrogen and oxygen atoms in total. The first-order chi connectivity index (χ1) is 9.78. The monoisotopic (exact) mass is 285 g/mol. The van der Waals surface area contributed by atoms with Gasteiger partial charge in [-0.2, -0.15) is 0 Å². The Morgan fingerprint density at radius 2 is 2.15 bits per heavy atom. The molecule has 1 N–H and O–H groups in total. The first-order valence-corrected chi connectivity index (χ1v) is 7.78. The predicted octanol–water partition coefficient (Wildman–Crippen LogP) is 3.22. The largest absolute Gasteiger partial charge is 0.340 e. The Labute approximate surface area is 123 Å². The van der Waals surface area contributed by atoms with E-state index in [0.717, 1.165) is 25.2 Å². The second-order valence-electron chi connectivity index (χ2n) is 5.04. The molecular formula is C16H19N3S. The first-order valence-electron chi connectivity index (χ1n) is 6.90. The molecule has 20 heavy (non-hydrogen) atoms. The fourth-order valence-corrected chi connectivity index (χ4v) is 3.30. The highest BCUT2D eigenvalue weighted by Gasteiger charge is 2.09. The van der Waals surface area contributed by atoms with Crippen molar-refractivity contribution in [3.8, 4) is 0 Å². The van der Waals surface area contributed by atoms with Gasteiger partial charge in [0.25, 0.3) is 0 Å². The molecule has 0 radical (unpaired) electrons. The zero-order valence-electron chi connectivity index (χ0n) is 11.9. The average Bonchev–Trinajstić information content (AvgIpc) is 3.02. The molecule has 2 aromatic heterocycles. The van der Waals surface area contributed by atoms with Crippen LogP contribution < -0.4 is 5.32 Å². The second-order valence-corrected chi connectivity index (χ2v) is 5.98. The number of para-hydroxylation sites is 1. The molecule has 0 saturated carbocycles. The summed E-state index contributed by atoms with van der Waals surface area (Å²) in [5.74, 6) is 0. The van der Waals surface area contributed by atoms with Gasteiger partial charge in [0.15, 0.2) is 0 Å². The quantitative estimate of drug-likeness (QED) is 0.780. The van der Waals surface area contributed by atoms with Crippen LogP contribution in [-0.2, 0) is 13.0 Å². The molecule has 0 fully saturated rings. The van der Waals surface area contributed by atoms with Crippen LogP contribution >= 0.6 is 11.3 Å². The van der Waals surface area contributed by atoms with Gasteiger partial charge < -0.3 is 9.88 Å². The van der Waals surface area contributed by atoms with Crippen molar-refractivity contribution in [3.05, 3.63) is 52.1 Å². The lowest BCUT2D eigenvalue weighted by molar-refractivity contribution is 0.780. The lowest BCUT2D eigenvalue weighted by atomic mass is 10.1. The van der Waals surface area contributed by atoms with Gasteiger partial charge in [-0.05, 0) is 38.6 Å². The van der Waals surface area contributed by atoms with E-state index in [1.807, 2.05) is 14.0 Å². The number of benzene rings is 1. The van der Waals surface area contributed by atoms with Gasteiger partial charge in [0, 0.05) is 28.2 Å². The number of thiazole rings is 1. The Bertz CT molecular complexity index is 711. The van der Waals surface area contributed by atoms with Crippen LogP contribution in [0.25, 0.3) is 10.9 Å². The zero-order valence-corrected chi connectivity index (χ0v) is 12.7. The third-order valence-electron chi connectivity index (χ3n) is 3.49. The smallest absolute Gasteiger partial charge is 0.113 e. The van der Waals surface area contributed by atoms with Crippen LogP contribution in [0.4, 0.5) is 0 Å². The van der Waals surface area contributed by atoms with Gasteiger partial charge in [-0.15, -0.1) is 11.3 Å². The van der Waals surface area contributed by atoms with E-state index < -0.39 is 0 Å². The van der Waals surface area contributed by atoms with Crippen LogP contribution in [0.2, 0.25) is 0 Å². The molecule has 0 aliphatic carbocycles. The molecule has 2 heterocycles. The molecular weight excluding hydrogens is 266 g/mol. The third-order valence-corrected chi connectivity index (χ3v) is 4.44. The number of fused-ring (bicyclic) bond motifs is 1. The maximum atomic E-state index is 4.57. The van der Waals surface area contributed by atoms with Gasteiger partial charge >= 0.3 is 0 Å². The predicted molar refractivity (Wildman–Crippen MR) is 85.5 cm³/mol. The number of nitrogens with one attached hydrogen (secondary N) is 1. The van der Waals surface area contributed by atoms with Crippen LogP contribution in [0, 0.1) is 6.92 Å². The van der Waals surface area contributed by atoms with Crippen molar-refractivity contribution in [2.24, 2.45) is 0 Å². The topological polar surface area (TPSA) is 29.9 Å². The van der Waals surface area contributed by atoms with Crippen LogP contribution in [0.3, 0.4) is 0 Å². The minimum Gasteiger partial charge on any atom is -0.340 e. The molecule has 3 aromatic rings. The Balaban J connectivity index is 1.97. The van der Waals surface area contributed by atoms with Crippen molar-refractivity contribution in [1.82, 2.24) is 14.9 Å². The van der Waals surface area contributed by atoms with Crippen molar-refractivity contribution in [2.75, 3.05) is 13.6 Å². The number of likely N-dealkylation sites (N-methyl/N-ethyl adjacent to an activating group) is 1. The van der Waals surface area contributed by atoms with Crippen LogP contribution in [0.5, 0.6) is 0 Å². The normalized spacial score (nSPS) is 11.3. The fraction of sp³-hybridized carbons (Fsp3) is 0.312. The average molecular weight is 285 g/mol. The van der Waals surface area contributed by atoms with Gasteiger partial charge in [0.05, 0.1) is 6.54 Å². The molecule has 0 aliphatic rings. The standard InChI is InChI=1S/C16H19N3S/c1-12-11-20-16(18-12)10-19-9-13(7-8-17-2)14-5-3-4-6-15(14)19/h3-6,9,11,17H,7-8,10H2,1-2H3. The molecule has 0 bridgehead atoms. The van der Waals surface area contributed by atoms with Gasteiger partial charge in [0.2, 0.25) is 0 Å². The molecule has 3 rings (SSSR count). The van der Waals surface area contributed by atoms with E-state index in [9.17, 15) is 0 Å². The summed E-state index contributed by atoms with van der Waals surface area (Å²) in [5, 5.41) is 7.86. The molecule has 4 heteroatoms. The van der Waals surface area contributed by atoms with E-state index in [2.05, 4.69) is 50.7 Å². The van der Waals surface area contributed by atoms with Crippen molar-refractivity contribution in [3.63, 3.8) is 0 Å². The lowest BCUT2D eigenvalue weighted by Gasteiger charge is -2.01. The van der Waals surface area contributed by atoms with Gasteiger partial charge in [-0.3, -0.25) is 0 Å². The summed E-state index contributed by atoms with van der Waals surface area (Å²) in [7, 11) is 2.00. The number of rotatable bonds is 5. The zero-order chi connectivity index (χ0) is 13.9. The SMILES string of the molecule is CNCCc1cn(Cc2nc(C)cs2)c2ccccc12. The second kappa shape index (κ2) is 5.77. The van der Waals surface area contributed by atoms with Crippen LogP contribution in [0.15, 0.2) is 35.8 Å². The molecule has 0 aliphatic heterocycles. The maximum absolute atomic E-state index is 4.57. The van der Waals surface area contributed by atoms with E-state index in [1.165, 1.54) is 21.5 Å². The van der Waals surface area contributed by atoms with Crippen LogP contribution in [0.1, 0.15) is 16.3 Å². The minimum atomic E-state index is 0.860. The van der Waals surface area contributed by atoms with Gasteiger partial charge in [-0.25, -0.2) is 4.98 Å². The molecule has 0 atom stereocenters. The Hall–Kier alpha value is -1.65. The van der Waals surface area contributed by atoms with Gasteiger partial charge in [-0.1, -0.05) is 18.2 Å². The highest BCUT2D eigenvalue weighted by atomic mass is 32.1. The minimum absolute atomic E-state index is 0.860. The van der Waals surface area contributed by atoms with E-state index in [0.29, 0.717) is 0 Å². The first kappa shape index (κ1) is 13.3. The van der Waals surface area contributed by atoms with E-state index in [1.54, 1.807) is 11.3 Å². The Kier molecular flexibility index (Phi) is 3.85. The van der Waals surface area contributed by atoms with Crippen molar-refractivity contribution in [2.45, 2.75) is 19.9 Å². The summed E-state index contributed by atoms with van der Waals surface area (Å²) >= 11 is 1.74. The number of aromatic nitrogens is 2. The van der Waals surface area contributed by atoms with E-state index >= 15 is 0 Å². The van der Waals surface area contributed by atoms with Crippen molar-refractivity contribution in [1.29, 1.82) is 0 Å². The molecule has 0 amide bonds. The number of aryl methyl sites for hydroxylation is 1. The van der Waals surface area contributed by atoms with Crippen molar-refractivity contribution < 1.29 is 0 Å². The maximum Gasteiger partial charge on any atom is 0.113 e. The number of nitrogens with zero attached hydrogens (tertiary/aromatic N) is 2. The highest BCUT2D eigenvalue weighted by molar-refractivity contribution is 7.09. The summed E-state index contributed by atoms with van der Waals surface area (Å²) in [6.45, 7) is 3.91. The van der Waals surface area contributed by atoms with E-state index in [4.69, 9.17) is 0 Å². The summed E-state index contributed by atoms with van der Waals surface area (Å²) in [5.41, 5.74) is 3.81. The number of hydrogen-bond acceptors (Lipinski definition) is 3. The molecule has 104 valence electrons. The fourth-order valence-electron chi connectivity index (χ4n) is 2.53. The van der Waals surface area contributed by atoms with Crippen LogP contribution in [-0.4, -0.2) is 23.1 Å². The Morgan fingerprint density at radius 3 is 2.90 bits per heavy atom. The summed E-state index contributed by atoms with van der Waals surface area (Å²) in [6.07, 6.45) is 3.33. The summed E-state index contributed by atoms with van der Waals surface area (Å²) in [4.78, 5) is 4.57. The highest BCUT2D eigenvalue weighted by Crippen LogP contribution is 2.23. The van der Waals surface area contributed by atoms with E-state index in [-0.39, 0.29) is 0 Å². The number of hydrogen-bond donors (Lipinski definition) is 1. The molecule has 1 aromatic carbocycles. The third kappa shape index (κ3) is 2.62. The van der Waals surface area contributed by atoms with Crippen molar-refractivity contribution >= 4 is 22.2 Å².